The third kappa shape index (κ3) is 4.30. The molecule has 0 radical (unpaired) electrons. The van der Waals surface area contributed by atoms with E-state index in [1.807, 2.05) is 0 Å². The summed E-state index contributed by atoms with van der Waals surface area (Å²) in [4.78, 5) is 20.7. The Bertz CT molecular complexity index is 421. The van der Waals surface area contributed by atoms with Gasteiger partial charge in [0.25, 0.3) is 7.52 Å². The van der Waals surface area contributed by atoms with E-state index < -0.39 is 19.5 Å². The van der Waals surface area contributed by atoms with Gasteiger partial charge in [0, 0.05) is 6.16 Å². The molecule has 0 fully saturated rings. The van der Waals surface area contributed by atoms with E-state index in [1.54, 1.807) is 37.3 Å². The van der Waals surface area contributed by atoms with Crippen molar-refractivity contribution in [3.05, 3.63) is 35.9 Å². The molecule has 0 spiro atoms. The number of hydrogen-bond donors (Lipinski definition) is 3. The quantitative estimate of drug-likeness (QED) is 0.678. The third-order valence-electron chi connectivity index (χ3n) is 2.24. The average molecular weight is 257 g/mol. The Morgan fingerprint density at radius 1 is 1.41 bits per heavy atom. The predicted octanol–water partition coefficient (Wildman–Crippen LogP) is 2.00. The molecular formula is C11H16NO4P. The molecule has 3 N–H and O–H groups in total. The molecule has 0 saturated carbocycles. The summed E-state index contributed by atoms with van der Waals surface area (Å²) in [5, 5.41) is 11.4. The number of aliphatic carboxylic acids is 1. The van der Waals surface area contributed by atoms with Gasteiger partial charge in [0.15, 0.2) is 0 Å². The lowest BCUT2D eigenvalue weighted by molar-refractivity contribution is -0.139. The van der Waals surface area contributed by atoms with Crippen molar-refractivity contribution in [1.29, 1.82) is 0 Å². The summed E-state index contributed by atoms with van der Waals surface area (Å²) in [5.41, 5.74) is 0.463. The second-order valence-corrected chi connectivity index (χ2v) is 5.84. The highest BCUT2D eigenvalue weighted by atomic mass is 31.2. The second-order valence-electron chi connectivity index (χ2n) is 3.74. The zero-order valence-electron chi connectivity index (χ0n) is 9.54. The van der Waals surface area contributed by atoms with Crippen LogP contribution < -0.4 is 5.09 Å². The molecule has 5 nitrogen and oxygen atoms in total. The fraction of sp³-hybridized carbons (Fsp3) is 0.364. The van der Waals surface area contributed by atoms with Crippen LogP contribution in [-0.4, -0.2) is 22.1 Å². The van der Waals surface area contributed by atoms with E-state index in [9.17, 15) is 14.3 Å². The van der Waals surface area contributed by atoms with Gasteiger partial charge in [-0.1, -0.05) is 37.3 Å². The van der Waals surface area contributed by atoms with Crippen LogP contribution in [0.3, 0.4) is 0 Å². The molecule has 94 valence electrons. The molecule has 0 aliphatic carbocycles. The van der Waals surface area contributed by atoms with Gasteiger partial charge in [-0.15, -0.1) is 0 Å². The van der Waals surface area contributed by atoms with E-state index in [0.29, 0.717) is 12.0 Å². The second kappa shape index (κ2) is 5.96. The largest absolute Gasteiger partial charge is 0.480 e. The number of benzene rings is 1. The van der Waals surface area contributed by atoms with E-state index in [0.717, 1.165) is 0 Å². The van der Waals surface area contributed by atoms with E-state index >= 15 is 0 Å². The lowest BCUT2D eigenvalue weighted by Gasteiger charge is -2.19. The summed E-state index contributed by atoms with van der Waals surface area (Å²) in [6.07, 6.45) is 0.575. The summed E-state index contributed by atoms with van der Waals surface area (Å²) < 4.78 is 11.7. The molecule has 1 aromatic carbocycles. The van der Waals surface area contributed by atoms with Crippen LogP contribution >= 0.6 is 7.52 Å². The fourth-order valence-electron chi connectivity index (χ4n) is 1.49. The Hall–Kier alpha value is -1.16. The van der Waals surface area contributed by atoms with E-state index in [-0.39, 0.29) is 6.16 Å². The highest BCUT2D eigenvalue weighted by Crippen LogP contribution is 2.39. The standard InChI is InChI=1S/C11H16NO4P/c1-2-8-17(15,16)12-10(11(13)14)9-6-4-3-5-7-9/h3-7,10H,2,8H2,1H3,(H,13,14)(H2,12,15,16). The van der Waals surface area contributed by atoms with Gasteiger partial charge >= 0.3 is 5.97 Å². The van der Waals surface area contributed by atoms with Crippen LogP contribution in [-0.2, 0) is 9.36 Å². The number of hydrogen-bond acceptors (Lipinski definition) is 2. The Morgan fingerprint density at radius 3 is 2.47 bits per heavy atom. The van der Waals surface area contributed by atoms with Crippen molar-refractivity contribution in [2.75, 3.05) is 6.16 Å². The number of carbonyl (C=O) groups is 1. The minimum Gasteiger partial charge on any atom is -0.480 e. The third-order valence-corrected chi connectivity index (χ3v) is 3.95. The molecule has 1 rings (SSSR count). The van der Waals surface area contributed by atoms with Gasteiger partial charge in [-0.2, -0.15) is 0 Å². The van der Waals surface area contributed by atoms with Crippen LogP contribution in [0.1, 0.15) is 24.9 Å². The summed E-state index contributed by atoms with van der Waals surface area (Å²) in [6.45, 7) is 1.77. The Kier molecular flexibility index (Phi) is 4.87. The maximum atomic E-state index is 11.7. The van der Waals surface area contributed by atoms with Crippen molar-refractivity contribution >= 4 is 13.5 Å². The minimum absolute atomic E-state index is 0.0591. The SMILES string of the molecule is CCCP(=O)(O)NC(C(=O)O)c1ccccc1. The normalized spacial score (nSPS) is 16.1. The van der Waals surface area contributed by atoms with Crippen molar-refractivity contribution in [1.82, 2.24) is 5.09 Å². The van der Waals surface area contributed by atoms with Gasteiger partial charge in [-0.25, -0.2) is 5.09 Å². The fourth-order valence-corrected chi connectivity index (χ4v) is 2.89. The summed E-state index contributed by atoms with van der Waals surface area (Å²) in [6, 6.07) is 7.20. The molecule has 0 saturated heterocycles. The number of carboxylic acid groups (broad SMARTS) is 1. The van der Waals surface area contributed by atoms with E-state index in [1.165, 1.54) is 0 Å². The van der Waals surface area contributed by atoms with Crippen LogP contribution in [0.15, 0.2) is 30.3 Å². The first-order valence-corrected chi connectivity index (χ1v) is 7.18. The first kappa shape index (κ1) is 13.9. The number of rotatable bonds is 6. The number of carboxylic acids is 1. The Balaban J connectivity index is 2.89. The van der Waals surface area contributed by atoms with Gasteiger partial charge < -0.3 is 10.00 Å². The van der Waals surface area contributed by atoms with Crippen LogP contribution in [0.4, 0.5) is 0 Å². The molecule has 0 aliphatic heterocycles. The predicted molar refractivity (Wildman–Crippen MR) is 64.9 cm³/mol. The Morgan fingerprint density at radius 2 is 2.00 bits per heavy atom. The van der Waals surface area contributed by atoms with Gasteiger partial charge in [0.1, 0.15) is 6.04 Å². The molecule has 6 heteroatoms. The van der Waals surface area contributed by atoms with Crippen molar-refractivity contribution in [3.63, 3.8) is 0 Å². The zero-order chi connectivity index (χ0) is 12.9. The molecule has 0 aliphatic rings. The molecule has 0 heterocycles. The highest BCUT2D eigenvalue weighted by Gasteiger charge is 2.27. The first-order valence-electron chi connectivity index (χ1n) is 5.33. The topological polar surface area (TPSA) is 86.6 Å². The molecular weight excluding hydrogens is 241 g/mol. The zero-order valence-corrected chi connectivity index (χ0v) is 10.4. The van der Waals surface area contributed by atoms with Crippen molar-refractivity contribution < 1.29 is 19.4 Å². The van der Waals surface area contributed by atoms with Gasteiger partial charge in [0.05, 0.1) is 0 Å². The first-order chi connectivity index (χ1) is 7.96. The van der Waals surface area contributed by atoms with Gasteiger partial charge in [-0.3, -0.25) is 9.36 Å². The van der Waals surface area contributed by atoms with E-state index in [4.69, 9.17) is 5.11 Å². The maximum Gasteiger partial charge on any atom is 0.325 e. The van der Waals surface area contributed by atoms with Crippen molar-refractivity contribution in [2.24, 2.45) is 0 Å². The lowest BCUT2D eigenvalue weighted by atomic mass is 10.1. The summed E-state index contributed by atoms with van der Waals surface area (Å²) >= 11 is 0. The van der Waals surface area contributed by atoms with E-state index in [2.05, 4.69) is 5.09 Å². The summed E-state index contributed by atoms with van der Waals surface area (Å²) in [7, 11) is -3.60. The highest BCUT2D eigenvalue weighted by molar-refractivity contribution is 7.55. The smallest absolute Gasteiger partial charge is 0.325 e. The number of nitrogens with one attached hydrogen (secondary N) is 1. The van der Waals surface area contributed by atoms with Crippen LogP contribution in [0.25, 0.3) is 0 Å². The monoisotopic (exact) mass is 257 g/mol. The van der Waals surface area contributed by atoms with Gasteiger partial charge in [-0.05, 0) is 12.0 Å². The molecule has 17 heavy (non-hydrogen) atoms. The molecule has 0 aromatic heterocycles. The minimum atomic E-state index is -3.60. The molecule has 0 amide bonds. The maximum absolute atomic E-state index is 11.7. The Labute approximate surface area is 100.0 Å². The van der Waals surface area contributed by atoms with Crippen molar-refractivity contribution in [3.8, 4) is 0 Å². The molecule has 2 unspecified atom stereocenters. The average Bonchev–Trinajstić information content (AvgIpc) is 2.27. The summed E-state index contributed by atoms with van der Waals surface area (Å²) in [5.74, 6) is -1.17. The van der Waals surface area contributed by atoms with Crippen LogP contribution in [0.2, 0.25) is 0 Å². The van der Waals surface area contributed by atoms with Crippen molar-refractivity contribution in [2.45, 2.75) is 19.4 Å². The molecule has 0 bridgehead atoms. The lowest BCUT2D eigenvalue weighted by Crippen LogP contribution is -2.27. The van der Waals surface area contributed by atoms with Crippen LogP contribution in [0.5, 0.6) is 0 Å². The van der Waals surface area contributed by atoms with Crippen LogP contribution in [0, 0.1) is 0 Å². The molecule has 1 aromatic rings. The molecule has 2 atom stereocenters. The van der Waals surface area contributed by atoms with Gasteiger partial charge in [0.2, 0.25) is 0 Å².